The van der Waals surface area contributed by atoms with Crippen molar-refractivity contribution in [1.29, 1.82) is 0 Å². The van der Waals surface area contributed by atoms with Crippen LogP contribution in [0.5, 0.6) is 5.88 Å². The lowest BCUT2D eigenvalue weighted by Crippen LogP contribution is -2.01. The van der Waals surface area contributed by atoms with Crippen molar-refractivity contribution in [2.75, 3.05) is 7.11 Å². The van der Waals surface area contributed by atoms with E-state index in [0.717, 1.165) is 10.7 Å². The highest BCUT2D eigenvalue weighted by Gasteiger charge is 2.18. The molecule has 7 heteroatoms. The molecule has 0 spiro atoms. The Hall–Kier alpha value is -1.11. The summed E-state index contributed by atoms with van der Waals surface area (Å²) in [7, 11) is -2.07. The summed E-state index contributed by atoms with van der Waals surface area (Å²) in [6.45, 7) is 0. The van der Waals surface area contributed by atoms with Gasteiger partial charge in [0.15, 0.2) is 5.03 Å². The average molecular weight is 194 g/mol. The van der Waals surface area contributed by atoms with Crippen LogP contribution in [0.4, 0.5) is 3.89 Å². The van der Waals surface area contributed by atoms with Gasteiger partial charge in [0.25, 0.3) is 0 Å². The highest BCUT2D eigenvalue weighted by atomic mass is 32.3. The molecular formula is C5H7FN2O3S. The van der Waals surface area contributed by atoms with E-state index in [0.29, 0.717) is 0 Å². The van der Waals surface area contributed by atoms with E-state index in [-0.39, 0.29) is 5.88 Å². The second kappa shape index (κ2) is 2.74. The Kier molecular flexibility index (Phi) is 2.05. The van der Waals surface area contributed by atoms with Gasteiger partial charge in [-0.3, -0.25) is 4.68 Å². The highest BCUT2D eigenvalue weighted by molar-refractivity contribution is 7.86. The van der Waals surface area contributed by atoms with E-state index in [9.17, 15) is 12.3 Å². The normalized spacial score (nSPS) is 11.6. The van der Waals surface area contributed by atoms with Crippen molar-refractivity contribution in [2.24, 2.45) is 7.05 Å². The Labute approximate surface area is 69.0 Å². The van der Waals surface area contributed by atoms with Crippen molar-refractivity contribution in [3.8, 4) is 5.88 Å². The van der Waals surface area contributed by atoms with Crippen molar-refractivity contribution >= 4 is 10.2 Å². The maximum atomic E-state index is 12.4. The van der Waals surface area contributed by atoms with Crippen LogP contribution in [-0.2, 0) is 17.3 Å². The summed E-state index contributed by atoms with van der Waals surface area (Å²) in [5.41, 5.74) is 0. The van der Waals surface area contributed by atoms with Gasteiger partial charge in [-0.05, 0) is 0 Å². The predicted molar refractivity (Wildman–Crippen MR) is 38.1 cm³/mol. The lowest BCUT2D eigenvalue weighted by Gasteiger charge is -1.91. The number of halogens is 1. The largest absolute Gasteiger partial charge is 0.480 e. The minimum atomic E-state index is -4.70. The predicted octanol–water partition coefficient (Wildman–Crippen LogP) is 0.0869. The molecule has 1 heterocycles. The summed E-state index contributed by atoms with van der Waals surface area (Å²) >= 11 is 0. The molecule has 0 fully saturated rings. The molecule has 0 aliphatic rings. The molecule has 0 aliphatic heterocycles. The standard InChI is InChI=1S/C5H7FN2O3S/c1-8-5(12(6,9)10)3-4(7-8)11-2/h3H,1-2H3. The number of methoxy groups -OCH3 is 1. The van der Waals surface area contributed by atoms with Crippen molar-refractivity contribution in [1.82, 2.24) is 9.78 Å². The van der Waals surface area contributed by atoms with E-state index < -0.39 is 15.2 Å². The summed E-state index contributed by atoms with van der Waals surface area (Å²) in [6.07, 6.45) is 0. The van der Waals surface area contributed by atoms with E-state index in [1.165, 1.54) is 14.2 Å². The second-order valence-electron chi connectivity index (χ2n) is 2.09. The summed E-state index contributed by atoms with van der Waals surface area (Å²) in [5.74, 6) is 0.0636. The SMILES string of the molecule is COc1cc(S(=O)(=O)F)n(C)n1. The fraction of sp³-hybridized carbons (Fsp3) is 0.400. The summed E-state index contributed by atoms with van der Waals surface area (Å²) < 4.78 is 38.7. The van der Waals surface area contributed by atoms with Crippen LogP contribution in [0.1, 0.15) is 0 Å². The van der Waals surface area contributed by atoms with E-state index in [2.05, 4.69) is 9.84 Å². The van der Waals surface area contributed by atoms with Gasteiger partial charge in [0, 0.05) is 13.1 Å². The third-order valence-corrected chi connectivity index (χ3v) is 2.16. The molecule has 0 unspecified atom stereocenters. The molecule has 0 saturated carbocycles. The maximum absolute atomic E-state index is 12.4. The van der Waals surface area contributed by atoms with Crippen LogP contribution in [0.15, 0.2) is 11.1 Å². The number of ether oxygens (including phenoxy) is 1. The first-order valence-corrected chi connectivity index (χ1v) is 4.36. The molecule has 1 aromatic rings. The quantitative estimate of drug-likeness (QED) is 0.626. The molecule has 0 amide bonds. The maximum Gasteiger partial charge on any atom is 0.349 e. The Morgan fingerprint density at radius 1 is 1.67 bits per heavy atom. The molecule has 1 rings (SSSR count). The molecule has 0 aromatic carbocycles. The number of aromatic nitrogens is 2. The molecule has 68 valence electrons. The zero-order chi connectivity index (χ0) is 9.35. The van der Waals surface area contributed by atoms with Gasteiger partial charge in [0.2, 0.25) is 5.88 Å². The molecular weight excluding hydrogens is 187 g/mol. The highest BCUT2D eigenvalue weighted by Crippen LogP contribution is 2.16. The third-order valence-electron chi connectivity index (χ3n) is 1.27. The molecule has 0 N–H and O–H groups in total. The Bertz CT molecular complexity index is 383. The fourth-order valence-electron chi connectivity index (χ4n) is 0.753. The third kappa shape index (κ3) is 1.55. The van der Waals surface area contributed by atoms with E-state index in [1.807, 2.05) is 0 Å². The first-order valence-electron chi connectivity index (χ1n) is 2.98. The van der Waals surface area contributed by atoms with Gasteiger partial charge in [-0.25, -0.2) is 0 Å². The van der Waals surface area contributed by atoms with Crippen molar-refractivity contribution in [2.45, 2.75) is 5.03 Å². The average Bonchev–Trinajstić information content (AvgIpc) is 2.29. The van der Waals surface area contributed by atoms with Crippen molar-refractivity contribution < 1.29 is 17.0 Å². The van der Waals surface area contributed by atoms with Crippen molar-refractivity contribution in [3.05, 3.63) is 6.07 Å². The minimum absolute atomic E-state index is 0.0636. The Morgan fingerprint density at radius 3 is 2.50 bits per heavy atom. The molecule has 5 nitrogen and oxygen atoms in total. The van der Waals surface area contributed by atoms with Crippen LogP contribution in [0.3, 0.4) is 0 Å². The lowest BCUT2D eigenvalue weighted by molar-refractivity contribution is 0.391. The smallest absolute Gasteiger partial charge is 0.349 e. The zero-order valence-corrected chi connectivity index (χ0v) is 7.30. The summed E-state index contributed by atoms with van der Waals surface area (Å²) in [4.78, 5) is 0. The van der Waals surface area contributed by atoms with Crippen LogP contribution in [0.2, 0.25) is 0 Å². The first-order chi connectivity index (χ1) is 5.45. The number of hydrogen-bond donors (Lipinski definition) is 0. The molecule has 12 heavy (non-hydrogen) atoms. The van der Waals surface area contributed by atoms with Gasteiger partial charge in [-0.15, -0.1) is 5.10 Å². The fourth-order valence-corrected chi connectivity index (χ4v) is 1.35. The zero-order valence-electron chi connectivity index (χ0n) is 6.48. The van der Waals surface area contributed by atoms with Gasteiger partial charge in [-0.1, -0.05) is 3.89 Å². The molecule has 0 aliphatic carbocycles. The van der Waals surface area contributed by atoms with Gasteiger partial charge < -0.3 is 4.74 Å². The van der Waals surface area contributed by atoms with Gasteiger partial charge in [0.05, 0.1) is 7.11 Å². The van der Waals surface area contributed by atoms with E-state index in [1.54, 1.807) is 0 Å². The van der Waals surface area contributed by atoms with E-state index >= 15 is 0 Å². The number of nitrogens with zero attached hydrogens (tertiary/aromatic N) is 2. The van der Waals surface area contributed by atoms with Gasteiger partial charge in [0.1, 0.15) is 0 Å². The molecule has 0 atom stereocenters. The number of aryl methyl sites for hydroxylation is 1. The number of hydrogen-bond acceptors (Lipinski definition) is 4. The van der Waals surface area contributed by atoms with Crippen LogP contribution in [0.25, 0.3) is 0 Å². The van der Waals surface area contributed by atoms with Crippen molar-refractivity contribution in [3.63, 3.8) is 0 Å². The minimum Gasteiger partial charge on any atom is -0.480 e. The molecule has 0 saturated heterocycles. The molecule has 0 radical (unpaired) electrons. The second-order valence-corrected chi connectivity index (χ2v) is 3.38. The molecule has 1 aromatic heterocycles. The molecule has 0 bridgehead atoms. The topological polar surface area (TPSA) is 61.2 Å². The van der Waals surface area contributed by atoms with Crippen LogP contribution in [-0.4, -0.2) is 25.3 Å². The van der Waals surface area contributed by atoms with Gasteiger partial charge in [-0.2, -0.15) is 8.42 Å². The summed E-state index contributed by atoms with van der Waals surface area (Å²) in [5, 5.41) is 3.06. The monoisotopic (exact) mass is 194 g/mol. The van der Waals surface area contributed by atoms with E-state index in [4.69, 9.17) is 0 Å². The Balaban J connectivity index is 3.27. The van der Waals surface area contributed by atoms with Crippen LogP contribution in [0, 0.1) is 0 Å². The van der Waals surface area contributed by atoms with Crippen LogP contribution >= 0.6 is 0 Å². The first kappa shape index (κ1) is 8.98. The Morgan fingerprint density at radius 2 is 2.25 bits per heavy atom. The summed E-state index contributed by atoms with van der Waals surface area (Å²) in [6, 6.07) is 1.01. The van der Waals surface area contributed by atoms with Crippen LogP contribution < -0.4 is 4.74 Å². The lowest BCUT2D eigenvalue weighted by atomic mass is 10.7. The van der Waals surface area contributed by atoms with Gasteiger partial charge >= 0.3 is 10.2 Å². The number of rotatable bonds is 2.